The van der Waals surface area contributed by atoms with Crippen LogP contribution >= 0.6 is 0 Å². The molecule has 1 saturated carbocycles. The molecular formula is C16H24FN. The highest BCUT2D eigenvalue weighted by Gasteiger charge is 2.53. The van der Waals surface area contributed by atoms with E-state index in [1.807, 2.05) is 12.1 Å². The SMILES string of the molecule is CCNC1CC(c2ccccc2F)C1(CC)CC. The molecule has 100 valence electrons. The largest absolute Gasteiger partial charge is 0.314 e. The van der Waals surface area contributed by atoms with Crippen molar-refractivity contribution in [3.8, 4) is 0 Å². The molecule has 2 atom stereocenters. The highest BCUT2D eigenvalue weighted by molar-refractivity contribution is 5.29. The van der Waals surface area contributed by atoms with Crippen LogP contribution in [0.2, 0.25) is 0 Å². The van der Waals surface area contributed by atoms with Crippen LogP contribution in [0.15, 0.2) is 24.3 Å². The molecule has 0 heterocycles. The van der Waals surface area contributed by atoms with Crippen LogP contribution in [-0.2, 0) is 0 Å². The lowest BCUT2D eigenvalue weighted by atomic mass is 9.51. The quantitative estimate of drug-likeness (QED) is 0.828. The second-order valence-corrected chi connectivity index (χ2v) is 5.36. The number of benzene rings is 1. The first-order chi connectivity index (χ1) is 8.69. The van der Waals surface area contributed by atoms with Gasteiger partial charge in [-0.25, -0.2) is 4.39 Å². The van der Waals surface area contributed by atoms with Crippen molar-refractivity contribution in [3.05, 3.63) is 35.6 Å². The molecule has 2 unspecified atom stereocenters. The molecule has 0 aliphatic heterocycles. The number of hydrogen-bond acceptors (Lipinski definition) is 1. The molecular weight excluding hydrogens is 225 g/mol. The van der Waals surface area contributed by atoms with Gasteiger partial charge in [-0.2, -0.15) is 0 Å². The van der Waals surface area contributed by atoms with Crippen LogP contribution in [0.5, 0.6) is 0 Å². The summed E-state index contributed by atoms with van der Waals surface area (Å²) in [4.78, 5) is 0. The van der Waals surface area contributed by atoms with Gasteiger partial charge >= 0.3 is 0 Å². The Labute approximate surface area is 110 Å². The van der Waals surface area contributed by atoms with Gasteiger partial charge in [-0.1, -0.05) is 39.0 Å². The number of nitrogens with one attached hydrogen (secondary N) is 1. The summed E-state index contributed by atoms with van der Waals surface area (Å²) in [7, 11) is 0. The first kappa shape index (κ1) is 13.5. The zero-order chi connectivity index (χ0) is 13.2. The van der Waals surface area contributed by atoms with E-state index in [4.69, 9.17) is 0 Å². The van der Waals surface area contributed by atoms with E-state index in [9.17, 15) is 4.39 Å². The molecule has 1 fully saturated rings. The van der Waals surface area contributed by atoms with Crippen LogP contribution in [0.4, 0.5) is 4.39 Å². The number of hydrogen-bond donors (Lipinski definition) is 1. The van der Waals surface area contributed by atoms with Crippen molar-refractivity contribution in [3.63, 3.8) is 0 Å². The number of rotatable bonds is 5. The summed E-state index contributed by atoms with van der Waals surface area (Å²) in [5.41, 5.74) is 1.15. The Morgan fingerprint density at radius 1 is 1.22 bits per heavy atom. The van der Waals surface area contributed by atoms with E-state index in [1.165, 1.54) is 0 Å². The van der Waals surface area contributed by atoms with Crippen molar-refractivity contribution < 1.29 is 4.39 Å². The first-order valence-corrected chi connectivity index (χ1v) is 7.17. The Balaban J connectivity index is 2.28. The summed E-state index contributed by atoms with van der Waals surface area (Å²) in [6, 6.07) is 7.82. The van der Waals surface area contributed by atoms with Crippen LogP contribution < -0.4 is 5.32 Å². The maximum absolute atomic E-state index is 14.0. The van der Waals surface area contributed by atoms with Crippen molar-refractivity contribution >= 4 is 0 Å². The molecule has 0 saturated heterocycles. The molecule has 18 heavy (non-hydrogen) atoms. The van der Waals surface area contributed by atoms with Gasteiger partial charge in [0.25, 0.3) is 0 Å². The fourth-order valence-electron chi connectivity index (χ4n) is 3.75. The minimum atomic E-state index is -0.0382. The highest BCUT2D eigenvalue weighted by atomic mass is 19.1. The topological polar surface area (TPSA) is 12.0 Å². The van der Waals surface area contributed by atoms with Crippen LogP contribution in [0.3, 0.4) is 0 Å². The molecule has 0 spiro atoms. The van der Waals surface area contributed by atoms with Crippen LogP contribution in [-0.4, -0.2) is 12.6 Å². The van der Waals surface area contributed by atoms with Crippen LogP contribution in [0.25, 0.3) is 0 Å². The van der Waals surface area contributed by atoms with Crippen LogP contribution in [0, 0.1) is 11.2 Å². The second kappa shape index (κ2) is 5.40. The molecule has 1 aromatic rings. The molecule has 2 rings (SSSR count). The molecule has 0 radical (unpaired) electrons. The predicted molar refractivity (Wildman–Crippen MR) is 74.2 cm³/mol. The van der Waals surface area contributed by atoms with Gasteiger partial charge in [0.2, 0.25) is 0 Å². The van der Waals surface area contributed by atoms with Crippen molar-refractivity contribution in [1.82, 2.24) is 5.32 Å². The van der Waals surface area contributed by atoms with E-state index < -0.39 is 0 Å². The Hall–Kier alpha value is -0.890. The van der Waals surface area contributed by atoms with Crippen molar-refractivity contribution in [2.75, 3.05) is 6.54 Å². The highest BCUT2D eigenvalue weighted by Crippen LogP contribution is 2.57. The first-order valence-electron chi connectivity index (χ1n) is 7.17. The molecule has 1 N–H and O–H groups in total. The summed E-state index contributed by atoms with van der Waals surface area (Å²) in [6.45, 7) is 7.62. The smallest absolute Gasteiger partial charge is 0.126 e. The summed E-state index contributed by atoms with van der Waals surface area (Å²) >= 11 is 0. The van der Waals surface area contributed by atoms with Crippen LogP contribution in [0.1, 0.15) is 51.5 Å². The van der Waals surface area contributed by atoms with Gasteiger partial charge in [0.05, 0.1) is 0 Å². The minimum Gasteiger partial charge on any atom is -0.314 e. The van der Waals surface area contributed by atoms with Gasteiger partial charge in [0, 0.05) is 6.04 Å². The van der Waals surface area contributed by atoms with Crippen molar-refractivity contribution in [1.29, 1.82) is 0 Å². The minimum absolute atomic E-state index is 0.0382. The van der Waals surface area contributed by atoms with Gasteiger partial charge < -0.3 is 5.32 Å². The van der Waals surface area contributed by atoms with Crippen molar-refractivity contribution in [2.45, 2.75) is 52.0 Å². The van der Waals surface area contributed by atoms with Gasteiger partial charge in [-0.15, -0.1) is 0 Å². The molecule has 0 amide bonds. The Morgan fingerprint density at radius 2 is 1.89 bits per heavy atom. The molecule has 2 heteroatoms. The third-order valence-electron chi connectivity index (χ3n) is 4.91. The number of halogens is 1. The zero-order valence-corrected chi connectivity index (χ0v) is 11.7. The van der Waals surface area contributed by atoms with Gasteiger partial charge in [-0.05, 0) is 48.8 Å². The predicted octanol–water partition coefficient (Wildman–Crippen LogP) is 4.10. The average Bonchev–Trinajstić information content (AvgIpc) is 2.37. The van der Waals surface area contributed by atoms with Gasteiger partial charge in [0.15, 0.2) is 0 Å². The molecule has 1 aromatic carbocycles. The zero-order valence-electron chi connectivity index (χ0n) is 11.7. The van der Waals surface area contributed by atoms with E-state index in [0.717, 1.165) is 31.4 Å². The molecule has 1 aliphatic rings. The van der Waals surface area contributed by atoms with Gasteiger partial charge in [-0.3, -0.25) is 0 Å². The second-order valence-electron chi connectivity index (χ2n) is 5.36. The third kappa shape index (κ3) is 1.97. The molecule has 1 nitrogen and oxygen atoms in total. The van der Waals surface area contributed by atoms with Gasteiger partial charge in [0.1, 0.15) is 5.82 Å². The summed E-state index contributed by atoms with van der Waals surface area (Å²) < 4.78 is 14.0. The van der Waals surface area contributed by atoms with E-state index >= 15 is 0 Å². The maximum Gasteiger partial charge on any atom is 0.126 e. The standard InChI is InChI=1S/C16H24FN/c1-4-16(5-2)13(11-15(16)18-6-3)12-9-7-8-10-14(12)17/h7-10,13,15,18H,4-6,11H2,1-3H3. The normalized spacial score (nSPS) is 25.8. The van der Waals surface area contributed by atoms with Crippen molar-refractivity contribution in [2.24, 2.45) is 5.41 Å². The average molecular weight is 249 g/mol. The molecule has 0 bridgehead atoms. The Bertz CT molecular complexity index is 398. The fraction of sp³-hybridized carbons (Fsp3) is 0.625. The van der Waals surface area contributed by atoms with E-state index in [0.29, 0.717) is 12.0 Å². The lowest BCUT2D eigenvalue weighted by Gasteiger charge is -2.56. The monoisotopic (exact) mass is 249 g/mol. The Kier molecular flexibility index (Phi) is 4.06. The lowest BCUT2D eigenvalue weighted by Crippen LogP contribution is -2.58. The Morgan fingerprint density at radius 3 is 2.44 bits per heavy atom. The lowest BCUT2D eigenvalue weighted by molar-refractivity contribution is 0.0192. The summed E-state index contributed by atoms with van der Waals surface area (Å²) in [5, 5.41) is 3.57. The van der Waals surface area contributed by atoms with E-state index in [1.54, 1.807) is 12.1 Å². The van der Waals surface area contributed by atoms with E-state index in [-0.39, 0.29) is 11.2 Å². The maximum atomic E-state index is 14.0. The summed E-state index contributed by atoms with van der Waals surface area (Å²) in [5.74, 6) is 0.335. The molecule has 1 aliphatic carbocycles. The third-order valence-corrected chi connectivity index (χ3v) is 4.91. The fourth-order valence-corrected chi connectivity index (χ4v) is 3.75. The summed E-state index contributed by atoms with van der Waals surface area (Å²) in [6.07, 6.45) is 3.29. The van der Waals surface area contributed by atoms with E-state index in [2.05, 4.69) is 26.1 Å². The molecule has 0 aromatic heterocycles.